The molecule has 1 N–H and O–H groups in total. The van der Waals surface area contributed by atoms with Crippen LogP contribution in [0.25, 0.3) is 0 Å². The minimum atomic E-state index is 0.413. The van der Waals surface area contributed by atoms with E-state index in [1.807, 2.05) is 0 Å². The standard InChI is InChI=1S/C16H31NO2/c1-12-6-7-15(11-13(12)2)18-10-8-17-14(3)16-5-4-9-19-16/h12-17H,4-11H2,1-3H3. The molecule has 1 saturated heterocycles. The second kappa shape index (κ2) is 7.61. The fourth-order valence-electron chi connectivity index (χ4n) is 3.29. The Hall–Kier alpha value is -0.120. The van der Waals surface area contributed by atoms with Gasteiger partial charge >= 0.3 is 0 Å². The highest BCUT2D eigenvalue weighted by Crippen LogP contribution is 2.30. The Morgan fingerprint density at radius 1 is 1.21 bits per heavy atom. The molecule has 2 rings (SSSR count). The fraction of sp³-hybridized carbons (Fsp3) is 1.00. The van der Waals surface area contributed by atoms with Crippen LogP contribution in [0.1, 0.15) is 52.9 Å². The van der Waals surface area contributed by atoms with E-state index in [1.54, 1.807) is 0 Å². The Balaban J connectivity index is 1.54. The van der Waals surface area contributed by atoms with Gasteiger partial charge in [-0.1, -0.05) is 13.8 Å². The van der Waals surface area contributed by atoms with Crippen LogP contribution in [-0.2, 0) is 9.47 Å². The number of hydrogen-bond donors (Lipinski definition) is 1. The lowest BCUT2D eigenvalue weighted by Crippen LogP contribution is -2.39. The summed E-state index contributed by atoms with van der Waals surface area (Å²) < 4.78 is 11.7. The van der Waals surface area contributed by atoms with E-state index >= 15 is 0 Å². The first kappa shape index (κ1) is 15.3. The predicted molar refractivity (Wildman–Crippen MR) is 78.4 cm³/mol. The summed E-state index contributed by atoms with van der Waals surface area (Å²) in [7, 11) is 0. The molecule has 2 fully saturated rings. The molecule has 0 aromatic heterocycles. The van der Waals surface area contributed by atoms with Crippen molar-refractivity contribution in [2.75, 3.05) is 19.8 Å². The molecule has 0 bridgehead atoms. The zero-order valence-electron chi connectivity index (χ0n) is 12.9. The van der Waals surface area contributed by atoms with Gasteiger partial charge in [0.05, 0.1) is 18.8 Å². The maximum absolute atomic E-state index is 6.01. The van der Waals surface area contributed by atoms with Gasteiger partial charge in [-0.3, -0.25) is 0 Å². The van der Waals surface area contributed by atoms with E-state index in [0.29, 0.717) is 18.2 Å². The van der Waals surface area contributed by atoms with Crippen LogP contribution in [0.5, 0.6) is 0 Å². The zero-order chi connectivity index (χ0) is 13.7. The van der Waals surface area contributed by atoms with E-state index in [2.05, 4.69) is 26.1 Å². The van der Waals surface area contributed by atoms with Crippen LogP contribution >= 0.6 is 0 Å². The first-order chi connectivity index (χ1) is 9.16. The van der Waals surface area contributed by atoms with E-state index in [4.69, 9.17) is 9.47 Å². The first-order valence-electron chi connectivity index (χ1n) is 8.13. The molecule has 0 aromatic rings. The molecule has 5 unspecified atom stereocenters. The van der Waals surface area contributed by atoms with Gasteiger partial charge in [0.2, 0.25) is 0 Å². The van der Waals surface area contributed by atoms with Crippen molar-refractivity contribution in [1.29, 1.82) is 0 Å². The molecule has 1 aliphatic heterocycles. The predicted octanol–water partition coefficient (Wildman–Crippen LogP) is 2.98. The van der Waals surface area contributed by atoms with Gasteiger partial charge < -0.3 is 14.8 Å². The van der Waals surface area contributed by atoms with Crippen LogP contribution in [0.2, 0.25) is 0 Å². The largest absolute Gasteiger partial charge is 0.377 e. The molecule has 0 radical (unpaired) electrons. The van der Waals surface area contributed by atoms with Gasteiger partial charge in [-0.2, -0.15) is 0 Å². The van der Waals surface area contributed by atoms with Crippen molar-refractivity contribution >= 4 is 0 Å². The third-order valence-corrected chi connectivity index (χ3v) is 4.99. The molecule has 3 nitrogen and oxygen atoms in total. The Kier molecular flexibility index (Phi) is 6.11. The Morgan fingerprint density at radius 2 is 2.05 bits per heavy atom. The van der Waals surface area contributed by atoms with Gasteiger partial charge in [-0.25, -0.2) is 0 Å². The second-order valence-electron chi connectivity index (χ2n) is 6.55. The van der Waals surface area contributed by atoms with Crippen molar-refractivity contribution in [2.45, 2.75) is 71.1 Å². The molecule has 3 heteroatoms. The summed E-state index contributed by atoms with van der Waals surface area (Å²) in [5, 5.41) is 3.53. The van der Waals surface area contributed by atoms with E-state index in [-0.39, 0.29) is 0 Å². The molecular weight excluding hydrogens is 238 g/mol. The van der Waals surface area contributed by atoms with E-state index in [1.165, 1.54) is 32.1 Å². The lowest BCUT2D eigenvalue weighted by Gasteiger charge is -2.32. The van der Waals surface area contributed by atoms with E-state index in [9.17, 15) is 0 Å². The highest BCUT2D eigenvalue weighted by molar-refractivity contribution is 4.77. The van der Waals surface area contributed by atoms with Crippen LogP contribution in [0.15, 0.2) is 0 Å². The van der Waals surface area contributed by atoms with Crippen molar-refractivity contribution in [1.82, 2.24) is 5.32 Å². The Labute approximate surface area is 118 Å². The summed E-state index contributed by atoms with van der Waals surface area (Å²) in [6.45, 7) is 9.67. The third kappa shape index (κ3) is 4.73. The summed E-state index contributed by atoms with van der Waals surface area (Å²) in [4.78, 5) is 0. The van der Waals surface area contributed by atoms with Crippen molar-refractivity contribution in [2.24, 2.45) is 11.8 Å². The van der Waals surface area contributed by atoms with Gasteiger partial charge in [-0.15, -0.1) is 0 Å². The average molecular weight is 269 g/mol. The monoisotopic (exact) mass is 269 g/mol. The van der Waals surface area contributed by atoms with Crippen LogP contribution < -0.4 is 5.32 Å². The zero-order valence-corrected chi connectivity index (χ0v) is 12.9. The van der Waals surface area contributed by atoms with Crippen LogP contribution in [0, 0.1) is 11.8 Å². The van der Waals surface area contributed by atoms with Crippen molar-refractivity contribution in [3.8, 4) is 0 Å². The fourth-order valence-corrected chi connectivity index (χ4v) is 3.29. The minimum Gasteiger partial charge on any atom is -0.377 e. The van der Waals surface area contributed by atoms with Crippen molar-refractivity contribution in [3.05, 3.63) is 0 Å². The van der Waals surface area contributed by atoms with Gasteiger partial charge in [0.15, 0.2) is 0 Å². The molecule has 2 aliphatic rings. The highest BCUT2D eigenvalue weighted by Gasteiger charge is 2.25. The summed E-state index contributed by atoms with van der Waals surface area (Å²) in [6.07, 6.45) is 7.13. The van der Waals surface area contributed by atoms with Crippen molar-refractivity contribution in [3.63, 3.8) is 0 Å². The third-order valence-electron chi connectivity index (χ3n) is 4.99. The number of ether oxygens (including phenoxy) is 2. The van der Waals surface area contributed by atoms with Gasteiger partial charge in [-0.05, 0) is 50.9 Å². The van der Waals surface area contributed by atoms with Crippen LogP contribution in [-0.4, -0.2) is 38.0 Å². The number of nitrogens with one attached hydrogen (secondary N) is 1. The number of rotatable bonds is 6. The summed E-state index contributed by atoms with van der Waals surface area (Å²) in [6, 6.07) is 0.455. The normalized spacial score (nSPS) is 37.4. The van der Waals surface area contributed by atoms with Gasteiger partial charge in [0.25, 0.3) is 0 Å². The van der Waals surface area contributed by atoms with Gasteiger partial charge in [0.1, 0.15) is 0 Å². The molecule has 1 saturated carbocycles. The quantitative estimate of drug-likeness (QED) is 0.752. The molecule has 5 atom stereocenters. The molecule has 1 aliphatic carbocycles. The maximum atomic E-state index is 6.01. The summed E-state index contributed by atoms with van der Waals surface area (Å²) in [5.41, 5.74) is 0. The Morgan fingerprint density at radius 3 is 2.74 bits per heavy atom. The minimum absolute atomic E-state index is 0.413. The van der Waals surface area contributed by atoms with E-state index < -0.39 is 0 Å². The smallest absolute Gasteiger partial charge is 0.0726 e. The SMILES string of the molecule is CC1CCC(OCCNC(C)C2CCCO2)CC1C. The molecular formula is C16H31NO2. The lowest BCUT2D eigenvalue weighted by atomic mass is 9.80. The van der Waals surface area contributed by atoms with Gasteiger partial charge in [0, 0.05) is 19.2 Å². The molecule has 112 valence electrons. The summed E-state index contributed by atoms with van der Waals surface area (Å²) >= 11 is 0. The summed E-state index contributed by atoms with van der Waals surface area (Å²) in [5.74, 6) is 1.69. The van der Waals surface area contributed by atoms with Crippen LogP contribution in [0.3, 0.4) is 0 Å². The Bertz CT molecular complexity index is 253. The molecule has 0 spiro atoms. The molecule has 1 heterocycles. The number of hydrogen-bond acceptors (Lipinski definition) is 3. The highest BCUT2D eigenvalue weighted by atomic mass is 16.5. The lowest BCUT2D eigenvalue weighted by molar-refractivity contribution is 0.00155. The van der Waals surface area contributed by atoms with Crippen LogP contribution in [0.4, 0.5) is 0 Å². The molecule has 0 aromatic carbocycles. The van der Waals surface area contributed by atoms with Crippen molar-refractivity contribution < 1.29 is 9.47 Å². The van der Waals surface area contributed by atoms with E-state index in [0.717, 1.165) is 31.6 Å². The average Bonchev–Trinajstić information content (AvgIpc) is 2.92. The molecule has 19 heavy (non-hydrogen) atoms. The maximum Gasteiger partial charge on any atom is 0.0726 e. The first-order valence-corrected chi connectivity index (χ1v) is 8.13. The second-order valence-corrected chi connectivity index (χ2v) is 6.55. The molecule has 0 amide bonds. The topological polar surface area (TPSA) is 30.5 Å².